The first kappa shape index (κ1) is 16.8. The molecule has 1 N–H and O–H groups in total. The lowest BCUT2D eigenvalue weighted by molar-refractivity contribution is 0.0959. The second-order valence-corrected chi connectivity index (χ2v) is 8.94. The van der Waals surface area contributed by atoms with Crippen molar-refractivity contribution in [1.29, 1.82) is 0 Å². The van der Waals surface area contributed by atoms with Crippen LogP contribution in [0.15, 0.2) is 22.6 Å². The van der Waals surface area contributed by atoms with Crippen molar-refractivity contribution in [1.82, 2.24) is 15.2 Å². The van der Waals surface area contributed by atoms with E-state index in [4.69, 9.17) is 0 Å². The largest absolute Gasteiger partial charge is 0.281 e. The average molecular weight is 366 g/mol. The highest BCUT2D eigenvalue weighted by molar-refractivity contribution is 7.91. The van der Waals surface area contributed by atoms with E-state index in [1.54, 1.807) is 23.0 Å². The Labute approximate surface area is 144 Å². The molecule has 0 saturated carbocycles. The summed E-state index contributed by atoms with van der Waals surface area (Å²) < 4.78 is 25.1. The van der Waals surface area contributed by atoms with Crippen LogP contribution in [0.3, 0.4) is 0 Å². The number of hydrazone groups is 1. The van der Waals surface area contributed by atoms with Crippen LogP contribution in [0.5, 0.6) is 0 Å². The van der Waals surface area contributed by atoms with Gasteiger partial charge < -0.3 is 0 Å². The number of carbonyl (C=O) groups is 1. The third kappa shape index (κ3) is 3.41. The van der Waals surface area contributed by atoms with Crippen LogP contribution in [-0.2, 0) is 9.84 Å². The van der Waals surface area contributed by atoms with Crippen LogP contribution in [0.25, 0.3) is 0 Å². The van der Waals surface area contributed by atoms with Crippen molar-refractivity contribution in [2.75, 3.05) is 11.5 Å². The molecule has 7 nitrogen and oxygen atoms in total. The van der Waals surface area contributed by atoms with Gasteiger partial charge in [0.25, 0.3) is 5.91 Å². The van der Waals surface area contributed by atoms with Crippen molar-refractivity contribution >= 4 is 33.3 Å². The Balaban J connectivity index is 1.75. The zero-order valence-electron chi connectivity index (χ0n) is 13.4. The summed E-state index contributed by atoms with van der Waals surface area (Å²) in [6.07, 6.45) is 2.14. The molecule has 1 fully saturated rings. The molecule has 0 bridgehead atoms. The monoisotopic (exact) mass is 366 g/mol. The van der Waals surface area contributed by atoms with Gasteiger partial charge in [0.15, 0.2) is 9.84 Å². The fourth-order valence-corrected chi connectivity index (χ4v) is 5.11. The maximum atomic E-state index is 11.8. The van der Waals surface area contributed by atoms with Gasteiger partial charge in [-0.25, -0.2) is 13.8 Å². The van der Waals surface area contributed by atoms with Crippen LogP contribution in [0.4, 0.5) is 0 Å². The van der Waals surface area contributed by atoms with Gasteiger partial charge in [-0.1, -0.05) is 6.07 Å². The first-order valence-electron chi connectivity index (χ1n) is 7.50. The topological polar surface area (TPSA) is 93.4 Å². The molecular weight excluding hydrogens is 348 g/mol. The lowest BCUT2D eigenvalue weighted by Gasteiger charge is -2.10. The number of sulfone groups is 1. The Morgan fingerprint density at radius 3 is 2.92 bits per heavy atom. The molecule has 0 spiro atoms. The maximum Gasteiger partial charge on any atom is 0.281 e. The minimum Gasteiger partial charge on any atom is -0.266 e. The molecule has 1 saturated heterocycles. The number of thiophene rings is 1. The van der Waals surface area contributed by atoms with Crippen molar-refractivity contribution in [3.05, 3.63) is 39.3 Å². The van der Waals surface area contributed by atoms with Gasteiger partial charge in [0, 0.05) is 11.3 Å². The molecule has 0 aromatic carbocycles. The van der Waals surface area contributed by atoms with Gasteiger partial charge in [-0.15, -0.1) is 11.3 Å². The molecule has 1 aliphatic rings. The van der Waals surface area contributed by atoms with E-state index >= 15 is 0 Å². The predicted octanol–water partition coefficient (Wildman–Crippen LogP) is 1.68. The molecule has 1 amide bonds. The van der Waals surface area contributed by atoms with Crippen molar-refractivity contribution in [2.45, 2.75) is 26.3 Å². The molecule has 0 radical (unpaired) electrons. The van der Waals surface area contributed by atoms with Gasteiger partial charge in [-0.3, -0.25) is 9.48 Å². The minimum atomic E-state index is -2.97. The minimum absolute atomic E-state index is 0.126. The summed E-state index contributed by atoms with van der Waals surface area (Å²) >= 11 is 1.35. The van der Waals surface area contributed by atoms with Gasteiger partial charge in [-0.2, -0.15) is 10.2 Å². The molecule has 9 heteroatoms. The van der Waals surface area contributed by atoms with Gasteiger partial charge in [0.2, 0.25) is 0 Å². The molecule has 2 aromatic heterocycles. The molecule has 1 aliphatic heterocycles. The van der Waals surface area contributed by atoms with E-state index in [1.807, 2.05) is 19.2 Å². The number of aromatic nitrogens is 2. The summed E-state index contributed by atoms with van der Waals surface area (Å²) in [4.78, 5) is 12.4. The molecule has 2 aromatic rings. The number of nitrogens with zero attached hydrogens (tertiary/aromatic N) is 3. The van der Waals surface area contributed by atoms with Crippen LogP contribution >= 0.6 is 11.3 Å². The maximum absolute atomic E-state index is 11.8. The fraction of sp³-hybridized carbons (Fsp3) is 0.400. The molecule has 1 atom stereocenters. The summed E-state index contributed by atoms with van der Waals surface area (Å²) in [5.41, 5.74) is 4.89. The molecular formula is C15H18N4O3S2. The normalized spacial score (nSPS) is 19.8. The second kappa shape index (κ2) is 6.48. The van der Waals surface area contributed by atoms with E-state index in [1.165, 1.54) is 11.3 Å². The highest BCUT2D eigenvalue weighted by Gasteiger charge is 2.31. The van der Waals surface area contributed by atoms with Crippen LogP contribution in [0.1, 0.15) is 39.1 Å². The van der Waals surface area contributed by atoms with Gasteiger partial charge >= 0.3 is 0 Å². The van der Waals surface area contributed by atoms with Crippen LogP contribution in [-0.4, -0.2) is 41.8 Å². The SMILES string of the molecule is Cc1nn([C@@H]2CCS(=O)(=O)C2)c(C)c1/C=N\NC(=O)c1cccs1. The van der Waals surface area contributed by atoms with Crippen molar-refractivity contribution in [3.8, 4) is 0 Å². The lowest BCUT2D eigenvalue weighted by atomic mass is 10.2. The number of hydrogen-bond donors (Lipinski definition) is 1. The molecule has 24 heavy (non-hydrogen) atoms. The fourth-order valence-electron chi connectivity index (χ4n) is 2.80. The van der Waals surface area contributed by atoms with E-state index < -0.39 is 9.84 Å². The number of rotatable bonds is 4. The Morgan fingerprint density at radius 2 is 2.29 bits per heavy atom. The first-order chi connectivity index (χ1) is 11.4. The number of hydrogen-bond acceptors (Lipinski definition) is 6. The van der Waals surface area contributed by atoms with Crippen LogP contribution < -0.4 is 5.43 Å². The van der Waals surface area contributed by atoms with E-state index in [0.717, 1.165) is 17.0 Å². The third-order valence-corrected chi connectivity index (χ3v) is 6.66. The number of aryl methyl sites for hydroxylation is 1. The third-order valence-electron chi connectivity index (χ3n) is 4.04. The van der Waals surface area contributed by atoms with E-state index in [0.29, 0.717) is 11.3 Å². The summed E-state index contributed by atoms with van der Waals surface area (Å²) in [5, 5.41) is 10.3. The number of amides is 1. The number of nitrogens with one attached hydrogen (secondary N) is 1. The molecule has 3 rings (SSSR count). The summed E-state index contributed by atoms with van der Waals surface area (Å²) in [6, 6.07) is 3.40. The highest BCUT2D eigenvalue weighted by Crippen LogP contribution is 2.26. The summed E-state index contributed by atoms with van der Waals surface area (Å²) in [6.45, 7) is 3.72. The van der Waals surface area contributed by atoms with E-state index in [2.05, 4.69) is 15.6 Å². The van der Waals surface area contributed by atoms with E-state index in [-0.39, 0.29) is 23.5 Å². The average Bonchev–Trinajstić information content (AvgIpc) is 3.22. The molecule has 0 aliphatic carbocycles. The Bertz CT molecular complexity index is 882. The summed E-state index contributed by atoms with van der Waals surface area (Å²) in [5.74, 6) is 0.0718. The standard InChI is InChI=1S/C15H18N4O3S2/c1-10-13(8-16-17-15(20)14-4-3-6-23-14)11(2)19(18-10)12-5-7-24(21,22)9-12/h3-4,6,8,12H,5,7,9H2,1-2H3,(H,17,20)/b16-8-/t12-/m1/s1. The van der Waals surface area contributed by atoms with Crippen LogP contribution in [0.2, 0.25) is 0 Å². The molecule has 0 unspecified atom stereocenters. The predicted molar refractivity (Wildman–Crippen MR) is 93.4 cm³/mol. The van der Waals surface area contributed by atoms with Gasteiger partial charge in [0.05, 0.1) is 34.3 Å². The molecule has 128 valence electrons. The molecule has 3 heterocycles. The van der Waals surface area contributed by atoms with Crippen molar-refractivity contribution in [3.63, 3.8) is 0 Å². The summed E-state index contributed by atoms with van der Waals surface area (Å²) in [7, 11) is -2.97. The zero-order chi connectivity index (χ0) is 17.3. The van der Waals surface area contributed by atoms with Crippen molar-refractivity contribution < 1.29 is 13.2 Å². The van der Waals surface area contributed by atoms with Crippen molar-refractivity contribution in [2.24, 2.45) is 5.10 Å². The Kier molecular flexibility index (Phi) is 4.55. The highest BCUT2D eigenvalue weighted by atomic mass is 32.2. The quantitative estimate of drug-likeness (QED) is 0.658. The lowest BCUT2D eigenvalue weighted by Crippen LogP contribution is -2.16. The van der Waals surface area contributed by atoms with E-state index in [9.17, 15) is 13.2 Å². The first-order valence-corrected chi connectivity index (χ1v) is 10.2. The van der Waals surface area contributed by atoms with Gasteiger partial charge in [-0.05, 0) is 31.7 Å². The Hall–Kier alpha value is -2.00. The Morgan fingerprint density at radius 1 is 1.50 bits per heavy atom. The van der Waals surface area contributed by atoms with Crippen LogP contribution in [0, 0.1) is 13.8 Å². The zero-order valence-corrected chi connectivity index (χ0v) is 15.0. The number of carbonyl (C=O) groups excluding carboxylic acids is 1. The smallest absolute Gasteiger partial charge is 0.266 e. The van der Waals surface area contributed by atoms with Gasteiger partial charge in [0.1, 0.15) is 0 Å². The second-order valence-electron chi connectivity index (χ2n) is 5.76.